The van der Waals surface area contributed by atoms with Crippen molar-refractivity contribution in [3.8, 4) is 12.3 Å². The van der Waals surface area contributed by atoms with Crippen LogP contribution in [-0.4, -0.2) is 5.78 Å². The van der Waals surface area contributed by atoms with Crippen molar-refractivity contribution in [2.75, 3.05) is 0 Å². The largest absolute Gasteiger partial charge is 0.300 e. The van der Waals surface area contributed by atoms with E-state index in [4.69, 9.17) is 6.42 Å². The van der Waals surface area contributed by atoms with E-state index in [0.29, 0.717) is 11.7 Å². The summed E-state index contributed by atoms with van der Waals surface area (Å²) in [7, 11) is 0. The third-order valence-corrected chi connectivity index (χ3v) is 3.13. The molecule has 0 bridgehead atoms. The lowest BCUT2D eigenvalue weighted by molar-refractivity contribution is -0.122. The SMILES string of the molecule is C#CCCC1CC(=O)CCC1CC. The summed E-state index contributed by atoms with van der Waals surface area (Å²) in [5, 5.41) is 0. The molecule has 0 saturated heterocycles. The fourth-order valence-electron chi connectivity index (χ4n) is 2.29. The van der Waals surface area contributed by atoms with E-state index in [1.807, 2.05) is 0 Å². The fraction of sp³-hybridized carbons (Fsp3) is 0.750. The van der Waals surface area contributed by atoms with Gasteiger partial charge in [-0.25, -0.2) is 0 Å². The first-order chi connectivity index (χ1) is 6.27. The molecular formula is C12H18O. The topological polar surface area (TPSA) is 17.1 Å². The summed E-state index contributed by atoms with van der Waals surface area (Å²) in [4.78, 5) is 11.2. The van der Waals surface area contributed by atoms with Crippen LogP contribution in [0.1, 0.15) is 45.4 Å². The standard InChI is InChI=1S/C12H18O/c1-3-5-6-11-9-12(13)8-7-10(11)4-2/h1,10-11H,4-9H2,2H3. The number of Topliss-reactive ketones (excluding diaryl/α,β-unsaturated/α-hetero) is 1. The van der Waals surface area contributed by atoms with Crippen molar-refractivity contribution in [2.45, 2.75) is 45.4 Å². The van der Waals surface area contributed by atoms with E-state index < -0.39 is 0 Å². The molecule has 1 rings (SSSR count). The smallest absolute Gasteiger partial charge is 0.133 e. The second kappa shape index (κ2) is 5.07. The van der Waals surface area contributed by atoms with E-state index in [0.717, 1.165) is 38.0 Å². The lowest BCUT2D eigenvalue weighted by Gasteiger charge is -2.29. The molecule has 72 valence electrons. The van der Waals surface area contributed by atoms with Crippen molar-refractivity contribution in [1.82, 2.24) is 0 Å². The van der Waals surface area contributed by atoms with Gasteiger partial charge in [-0.3, -0.25) is 4.79 Å². The molecule has 2 atom stereocenters. The summed E-state index contributed by atoms with van der Waals surface area (Å²) in [5.74, 6) is 4.41. The Morgan fingerprint density at radius 3 is 2.92 bits per heavy atom. The minimum absolute atomic E-state index is 0.437. The van der Waals surface area contributed by atoms with Gasteiger partial charge in [0, 0.05) is 19.3 Å². The van der Waals surface area contributed by atoms with Crippen LogP contribution < -0.4 is 0 Å². The van der Waals surface area contributed by atoms with Crippen LogP contribution in [0.5, 0.6) is 0 Å². The fourth-order valence-corrected chi connectivity index (χ4v) is 2.29. The Hall–Kier alpha value is -0.770. The van der Waals surface area contributed by atoms with Gasteiger partial charge < -0.3 is 0 Å². The molecule has 0 heterocycles. The molecular weight excluding hydrogens is 160 g/mol. The van der Waals surface area contributed by atoms with E-state index in [2.05, 4.69) is 12.8 Å². The Labute approximate surface area is 80.9 Å². The number of rotatable bonds is 3. The molecule has 0 aromatic rings. The van der Waals surface area contributed by atoms with Gasteiger partial charge in [0.25, 0.3) is 0 Å². The van der Waals surface area contributed by atoms with Gasteiger partial charge in [0.2, 0.25) is 0 Å². The van der Waals surface area contributed by atoms with E-state index in [1.165, 1.54) is 6.42 Å². The maximum atomic E-state index is 11.2. The Bertz CT molecular complexity index is 212. The van der Waals surface area contributed by atoms with Gasteiger partial charge in [0.1, 0.15) is 5.78 Å². The lowest BCUT2D eigenvalue weighted by atomic mass is 9.75. The third kappa shape index (κ3) is 2.88. The first kappa shape index (κ1) is 10.3. The average Bonchev–Trinajstić information content (AvgIpc) is 2.15. The second-order valence-electron chi connectivity index (χ2n) is 3.95. The minimum atomic E-state index is 0.437. The maximum absolute atomic E-state index is 11.2. The van der Waals surface area contributed by atoms with Crippen LogP contribution in [0, 0.1) is 24.2 Å². The molecule has 1 saturated carbocycles. The van der Waals surface area contributed by atoms with E-state index in [1.54, 1.807) is 0 Å². The van der Waals surface area contributed by atoms with Gasteiger partial charge >= 0.3 is 0 Å². The molecule has 0 N–H and O–H groups in total. The highest BCUT2D eigenvalue weighted by Gasteiger charge is 2.27. The van der Waals surface area contributed by atoms with Crippen molar-refractivity contribution in [1.29, 1.82) is 0 Å². The number of hydrogen-bond acceptors (Lipinski definition) is 1. The van der Waals surface area contributed by atoms with E-state index >= 15 is 0 Å². The molecule has 0 aromatic carbocycles. The van der Waals surface area contributed by atoms with Crippen molar-refractivity contribution >= 4 is 5.78 Å². The molecule has 0 aromatic heterocycles. The molecule has 1 fully saturated rings. The molecule has 1 aliphatic rings. The predicted molar refractivity (Wildman–Crippen MR) is 54.2 cm³/mol. The molecule has 0 spiro atoms. The molecule has 2 unspecified atom stereocenters. The molecule has 1 heteroatoms. The Kier molecular flexibility index (Phi) is 4.02. The van der Waals surface area contributed by atoms with Crippen molar-refractivity contribution in [3.05, 3.63) is 0 Å². The molecule has 1 aliphatic carbocycles. The summed E-state index contributed by atoms with van der Waals surface area (Å²) >= 11 is 0. The van der Waals surface area contributed by atoms with Crippen LogP contribution in [0.2, 0.25) is 0 Å². The Morgan fingerprint density at radius 2 is 2.31 bits per heavy atom. The van der Waals surface area contributed by atoms with Crippen molar-refractivity contribution in [3.63, 3.8) is 0 Å². The van der Waals surface area contributed by atoms with Crippen molar-refractivity contribution in [2.24, 2.45) is 11.8 Å². The molecule has 0 radical (unpaired) electrons. The predicted octanol–water partition coefficient (Wildman–Crippen LogP) is 2.80. The Morgan fingerprint density at radius 1 is 1.54 bits per heavy atom. The van der Waals surface area contributed by atoms with Gasteiger partial charge in [-0.05, 0) is 24.7 Å². The zero-order chi connectivity index (χ0) is 9.68. The van der Waals surface area contributed by atoms with Gasteiger partial charge in [-0.1, -0.05) is 13.3 Å². The summed E-state index contributed by atoms with van der Waals surface area (Å²) in [6.45, 7) is 2.21. The number of hydrogen-bond donors (Lipinski definition) is 0. The Balaban J connectivity index is 2.45. The molecule has 13 heavy (non-hydrogen) atoms. The van der Waals surface area contributed by atoms with Crippen molar-refractivity contribution < 1.29 is 4.79 Å². The zero-order valence-electron chi connectivity index (χ0n) is 8.38. The van der Waals surface area contributed by atoms with Crippen LogP contribution in [-0.2, 0) is 4.79 Å². The highest BCUT2D eigenvalue weighted by molar-refractivity contribution is 5.79. The van der Waals surface area contributed by atoms with Crippen LogP contribution in [0.4, 0.5) is 0 Å². The highest BCUT2D eigenvalue weighted by atomic mass is 16.1. The number of carbonyl (C=O) groups excluding carboxylic acids is 1. The van der Waals surface area contributed by atoms with Gasteiger partial charge in [0.15, 0.2) is 0 Å². The lowest BCUT2D eigenvalue weighted by Crippen LogP contribution is -2.24. The molecule has 1 nitrogen and oxygen atoms in total. The van der Waals surface area contributed by atoms with Gasteiger partial charge in [-0.2, -0.15) is 0 Å². The normalized spacial score (nSPS) is 28.5. The van der Waals surface area contributed by atoms with Crippen LogP contribution in [0.25, 0.3) is 0 Å². The average molecular weight is 178 g/mol. The first-order valence-corrected chi connectivity index (χ1v) is 5.23. The van der Waals surface area contributed by atoms with Crippen LogP contribution >= 0.6 is 0 Å². The summed E-state index contributed by atoms with van der Waals surface area (Å²) in [6, 6.07) is 0. The number of carbonyl (C=O) groups is 1. The summed E-state index contributed by atoms with van der Waals surface area (Å²) in [6.07, 6.45) is 11.0. The van der Waals surface area contributed by atoms with E-state index in [-0.39, 0.29) is 0 Å². The number of ketones is 1. The number of terminal acetylenes is 1. The van der Waals surface area contributed by atoms with E-state index in [9.17, 15) is 4.79 Å². The van der Waals surface area contributed by atoms with Crippen LogP contribution in [0.3, 0.4) is 0 Å². The van der Waals surface area contributed by atoms with Gasteiger partial charge in [0.05, 0.1) is 0 Å². The first-order valence-electron chi connectivity index (χ1n) is 5.23. The summed E-state index contributed by atoms with van der Waals surface area (Å²) < 4.78 is 0. The zero-order valence-corrected chi connectivity index (χ0v) is 8.38. The second-order valence-corrected chi connectivity index (χ2v) is 3.95. The van der Waals surface area contributed by atoms with Crippen LogP contribution in [0.15, 0.2) is 0 Å². The minimum Gasteiger partial charge on any atom is -0.300 e. The molecule has 0 aliphatic heterocycles. The maximum Gasteiger partial charge on any atom is 0.133 e. The quantitative estimate of drug-likeness (QED) is 0.607. The summed E-state index contributed by atoms with van der Waals surface area (Å²) in [5.41, 5.74) is 0. The highest BCUT2D eigenvalue weighted by Crippen LogP contribution is 2.33. The molecule has 0 amide bonds. The third-order valence-electron chi connectivity index (χ3n) is 3.13. The monoisotopic (exact) mass is 178 g/mol. The van der Waals surface area contributed by atoms with Gasteiger partial charge in [-0.15, -0.1) is 12.3 Å².